The number of hydrogen-bond acceptors (Lipinski definition) is 2. The van der Waals surface area contributed by atoms with Crippen LogP contribution in [0, 0.1) is 6.92 Å². The van der Waals surface area contributed by atoms with Crippen molar-refractivity contribution in [2.75, 3.05) is 4.72 Å². The Kier molecular flexibility index (Phi) is 5.15. The Balaban J connectivity index is 2.44. The van der Waals surface area contributed by atoms with E-state index in [0.29, 0.717) is 16.5 Å². The molecule has 1 N–H and O–H groups in total. The second-order valence-electron chi connectivity index (χ2n) is 6.58. The van der Waals surface area contributed by atoms with Gasteiger partial charge in [0.15, 0.2) is 0 Å². The highest BCUT2D eigenvalue weighted by Crippen LogP contribution is 2.29. The van der Waals surface area contributed by atoms with Crippen molar-refractivity contribution in [3.63, 3.8) is 0 Å². The third kappa shape index (κ3) is 4.14. The monoisotopic (exact) mass is 331 g/mol. The van der Waals surface area contributed by atoms with Crippen LogP contribution in [0.4, 0.5) is 5.69 Å². The van der Waals surface area contributed by atoms with E-state index in [1.165, 1.54) is 0 Å². The van der Waals surface area contributed by atoms with Crippen LogP contribution in [-0.4, -0.2) is 8.42 Å². The van der Waals surface area contributed by atoms with Gasteiger partial charge in [0.2, 0.25) is 0 Å². The van der Waals surface area contributed by atoms with Crippen LogP contribution < -0.4 is 4.72 Å². The minimum atomic E-state index is -3.59. The van der Waals surface area contributed by atoms with E-state index in [4.69, 9.17) is 0 Å². The Labute approximate surface area is 139 Å². The molecule has 0 aliphatic carbocycles. The second-order valence-corrected chi connectivity index (χ2v) is 8.23. The Morgan fingerprint density at radius 2 is 1.48 bits per heavy atom. The first-order valence-corrected chi connectivity index (χ1v) is 9.42. The maximum absolute atomic E-state index is 12.8. The van der Waals surface area contributed by atoms with Crippen LogP contribution in [-0.2, 0) is 10.0 Å². The SMILES string of the molecule is Cc1ccc(NS(=O)(=O)c2ccc(C(C)C)cc2C(C)C)cc1. The van der Waals surface area contributed by atoms with Crippen molar-refractivity contribution in [1.29, 1.82) is 0 Å². The smallest absolute Gasteiger partial charge is 0.262 e. The average Bonchev–Trinajstić information content (AvgIpc) is 2.48. The molecule has 0 amide bonds. The van der Waals surface area contributed by atoms with E-state index in [9.17, 15) is 8.42 Å². The summed E-state index contributed by atoms with van der Waals surface area (Å²) in [5, 5.41) is 0. The number of nitrogens with one attached hydrogen (secondary N) is 1. The van der Waals surface area contributed by atoms with Gasteiger partial charge in [-0.1, -0.05) is 57.5 Å². The van der Waals surface area contributed by atoms with Crippen molar-refractivity contribution in [1.82, 2.24) is 0 Å². The van der Waals surface area contributed by atoms with Gasteiger partial charge in [-0.3, -0.25) is 4.72 Å². The van der Waals surface area contributed by atoms with Crippen LogP contribution in [0.1, 0.15) is 56.2 Å². The minimum Gasteiger partial charge on any atom is -0.280 e. The number of aryl methyl sites for hydroxylation is 1. The molecule has 2 aromatic rings. The molecule has 0 saturated carbocycles. The topological polar surface area (TPSA) is 46.2 Å². The molecule has 0 aliphatic heterocycles. The molecule has 124 valence electrons. The highest BCUT2D eigenvalue weighted by molar-refractivity contribution is 7.92. The first-order valence-electron chi connectivity index (χ1n) is 7.94. The van der Waals surface area contributed by atoms with E-state index in [2.05, 4.69) is 18.6 Å². The molecule has 23 heavy (non-hydrogen) atoms. The molecule has 2 rings (SSSR count). The van der Waals surface area contributed by atoms with Crippen molar-refractivity contribution >= 4 is 15.7 Å². The summed E-state index contributed by atoms with van der Waals surface area (Å²) >= 11 is 0. The molecule has 0 spiro atoms. The van der Waals surface area contributed by atoms with Crippen LogP contribution in [0.25, 0.3) is 0 Å². The molecule has 0 bridgehead atoms. The van der Waals surface area contributed by atoms with Crippen LogP contribution in [0.2, 0.25) is 0 Å². The number of rotatable bonds is 5. The number of hydrogen-bond donors (Lipinski definition) is 1. The first-order chi connectivity index (χ1) is 10.7. The zero-order valence-corrected chi connectivity index (χ0v) is 15.2. The molecule has 4 heteroatoms. The van der Waals surface area contributed by atoms with Gasteiger partial charge in [-0.2, -0.15) is 0 Å². The molecular weight excluding hydrogens is 306 g/mol. The molecule has 0 heterocycles. The lowest BCUT2D eigenvalue weighted by atomic mass is 9.96. The largest absolute Gasteiger partial charge is 0.280 e. The van der Waals surface area contributed by atoms with Crippen molar-refractivity contribution < 1.29 is 8.42 Å². The quantitative estimate of drug-likeness (QED) is 0.834. The predicted molar refractivity (Wildman–Crippen MR) is 96.6 cm³/mol. The summed E-state index contributed by atoms with van der Waals surface area (Å²) in [6.07, 6.45) is 0. The first kappa shape index (κ1) is 17.5. The van der Waals surface area contributed by atoms with Crippen molar-refractivity contribution in [3.8, 4) is 0 Å². The van der Waals surface area contributed by atoms with Crippen LogP contribution in [0.3, 0.4) is 0 Å². The van der Waals surface area contributed by atoms with Gasteiger partial charge in [0.1, 0.15) is 0 Å². The third-order valence-corrected chi connectivity index (χ3v) is 5.37. The lowest BCUT2D eigenvalue weighted by Crippen LogP contribution is -2.16. The predicted octanol–water partition coefficient (Wildman–Crippen LogP) is 5.04. The van der Waals surface area contributed by atoms with Gasteiger partial charge in [-0.15, -0.1) is 0 Å². The van der Waals surface area contributed by atoms with E-state index < -0.39 is 10.0 Å². The number of anilines is 1. The van der Waals surface area contributed by atoms with Crippen LogP contribution in [0.5, 0.6) is 0 Å². The Morgan fingerprint density at radius 1 is 0.870 bits per heavy atom. The Bertz CT molecular complexity index is 776. The summed E-state index contributed by atoms with van der Waals surface area (Å²) in [5.41, 5.74) is 3.69. The highest BCUT2D eigenvalue weighted by Gasteiger charge is 2.21. The fourth-order valence-electron chi connectivity index (χ4n) is 2.45. The zero-order valence-electron chi connectivity index (χ0n) is 14.4. The summed E-state index contributed by atoms with van der Waals surface area (Å²) in [5.74, 6) is 0.507. The van der Waals surface area contributed by atoms with Gasteiger partial charge in [0, 0.05) is 5.69 Å². The summed E-state index contributed by atoms with van der Waals surface area (Å²) in [7, 11) is -3.59. The summed E-state index contributed by atoms with van der Waals surface area (Å²) in [6, 6.07) is 13.0. The molecular formula is C19H25NO2S. The summed E-state index contributed by atoms with van der Waals surface area (Å²) < 4.78 is 28.2. The van der Waals surface area contributed by atoms with Crippen molar-refractivity contribution in [3.05, 3.63) is 59.2 Å². The Morgan fingerprint density at radius 3 is 2.00 bits per heavy atom. The lowest BCUT2D eigenvalue weighted by molar-refractivity contribution is 0.598. The van der Waals surface area contributed by atoms with E-state index >= 15 is 0 Å². The molecule has 2 aromatic carbocycles. The van der Waals surface area contributed by atoms with E-state index in [1.54, 1.807) is 18.2 Å². The van der Waals surface area contributed by atoms with E-state index in [-0.39, 0.29) is 5.92 Å². The van der Waals surface area contributed by atoms with Gasteiger partial charge in [-0.05, 0) is 48.1 Å². The average molecular weight is 331 g/mol. The molecule has 0 radical (unpaired) electrons. The molecule has 0 aromatic heterocycles. The standard InChI is InChI=1S/C19H25NO2S/c1-13(2)16-8-11-19(18(12-16)14(3)4)23(21,22)20-17-9-6-15(5)7-10-17/h6-14,20H,1-5H3. The summed E-state index contributed by atoms with van der Waals surface area (Å²) in [4.78, 5) is 0.359. The summed E-state index contributed by atoms with van der Waals surface area (Å²) in [6.45, 7) is 10.2. The molecule has 0 fully saturated rings. The van der Waals surface area contributed by atoms with Crippen LogP contribution >= 0.6 is 0 Å². The number of benzene rings is 2. The normalized spacial score (nSPS) is 12.0. The maximum Gasteiger partial charge on any atom is 0.262 e. The van der Waals surface area contributed by atoms with Gasteiger partial charge in [-0.25, -0.2) is 8.42 Å². The molecule has 0 atom stereocenters. The van der Waals surface area contributed by atoms with Gasteiger partial charge in [0.25, 0.3) is 10.0 Å². The molecule has 3 nitrogen and oxygen atoms in total. The van der Waals surface area contributed by atoms with Gasteiger partial charge in [0.05, 0.1) is 4.90 Å². The molecule has 0 saturated heterocycles. The van der Waals surface area contributed by atoms with Crippen molar-refractivity contribution in [2.24, 2.45) is 0 Å². The van der Waals surface area contributed by atoms with E-state index in [0.717, 1.165) is 16.7 Å². The lowest BCUT2D eigenvalue weighted by Gasteiger charge is -2.17. The van der Waals surface area contributed by atoms with Crippen LogP contribution in [0.15, 0.2) is 47.4 Å². The van der Waals surface area contributed by atoms with Gasteiger partial charge < -0.3 is 0 Å². The second kappa shape index (κ2) is 6.75. The van der Waals surface area contributed by atoms with Gasteiger partial charge >= 0.3 is 0 Å². The maximum atomic E-state index is 12.8. The minimum absolute atomic E-state index is 0.137. The fourth-order valence-corrected chi connectivity index (χ4v) is 3.86. The van der Waals surface area contributed by atoms with Crippen molar-refractivity contribution in [2.45, 2.75) is 51.3 Å². The molecule has 0 unspecified atom stereocenters. The molecule has 0 aliphatic rings. The third-order valence-electron chi connectivity index (χ3n) is 3.92. The number of sulfonamides is 1. The van der Waals surface area contributed by atoms with E-state index in [1.807, 2.05) is 45.0 Å². The highest BCUT2D eigenvalue weighted by atomic mass is 32.2. The Hall–Kier alpha value is -1.81. The zero-order chi connectivity index (χ0) is 17.2. The fraction of sp³-hybridized carbons (Fsp3) is 0.368.